The van der Waals surface area contributed by atoms with Crippen molar-refractivity contribution in [1.29, 1.82) is 0 Å². The number of carbonyl (C=O) groups excluding carboxylic acids is 1. The van der Waals surface area contributed by atoms with Gasteiger partial charge in [-0.05, 0) is 42.9 Å². The summed E-state index contributed by atoms with van der Waals surface area (Å²) in [5, 5.41) is 4.16. The van der Waals surface area contributed by atoms with Gasteiger partial charge in [0.1, 0.15) is 17.0 Å². The molecule has 0 unspecified atom stereocenters. The van der Waals surface area contributed by atoms with Crippen LogP contribution < -0.4 is 5.32 Å². The number of anilines is 1. The Hall–Kier alpha value is -3.14. The van der Waals surface area contributed by atoms with E-state index >= 15 is 0 Å². The van der Waals surface area contributed by atoms with Crippen molar-refractivity contribution < 1.29 is 13.6 Å². The van der Waals surface area contributed by atoms with E-state index in [1.165, 1.54) is 17.7 Å². The number of alkyl halides is 2. The maximum atomic E-state index is 13.5. The molecule has 0 saturated heterocycles. The molecule has 3 heterocycles. The fourth-order valence-electron chi connectivity index (χ4n) is 4.61. The van der Waals surface area contributed by atoms with Crippen molar-refractivity contribution in [2.45, 2.75) is 45.1 Å². The number of aryl methyl sites for hydroxylation is 1. The van der Waals surface area contributed by atoms with Gasteiger partial charge in [0.15, 0.2) is 0 Å². The highest BCUT2D eigenvalue weighted by molar-refractivity contribution is 7.20. The lowest BCUT2D eigenvalue weighted by Gasteiger charge is -2.28. The van der Waals surface area contributed by atoms with Gasteiger partial charge in [-0.2, -0.15) is 0 Å². The molecule has 0 spiro atoms. The average Bonchev–Trinajstić information content (AvgIpc) is 3.43. The van der Waals surface area contributed by atoms with Crippen LogP contribution in [0.1, 0.15) is 46.5 Å². The summed E-state index contributed by atoms with van der Waals surface area (Å²) in [6.07, 6.45) is 3.99. The number of aromatic amines is 1. The van der Waals surface area contributed by atoms with Crippen molar-refractivity contribution in [3.05, 3.63) is 46.9 Å². The lowest BCUT2D eigenvalue weighted by atomic mass is 9.87. The van der Waals surface area contributed by atoms with E-state index in [1.54, 1.807) is 18.3 Å². The van der Waals surface area contributed by atoms with E-state index in [-0.39, 0.29) is 24.7 Å². The Morgan fingerprint density at radius 1 is 1.26 bits per heavy atom. The quantitative estimate of drug-likeness (QED) is 0.383. The Labute approximate surface area is 199 Å². The zero-order valence-corrected chi connectivity index (χ0v) is 19.9. The molecule has 1 aromatic carbocycles. The number of nitrogens with one attached hydrogen (secondary N) is 2. The van der Waals surface area contributed by atoms with Gasteiger partial charge < -0.3 is 15.2 Å². The smallest absolute Gasteiger partial charge is 0.264 e. The molecule has 1 amide bonds. The van der Waals surface area contributed by atoms with Gasteiger partial charge in [-0.15, -0.1) is 11.3 Å². The number of benzene rings is 1. The number of carbonyl (C=O) groups is 1. The second kappa shape index (κ2) is 8.90. The molecule has 178 valence electrons. The van der Waals surface area contributed by atoms with E-state index in [0.29, 0.717) is 36.6 Å². The van der Waals surface area contributed by atoms with Gasteiger partial charge in [0.25, 0.3) is 5.91 Å². The Balaban J connectivity index is 1.34. The second-order valence-corrected chi connectivity index (χ2v) is 10.0. The number of para-hydroxylation sites is 1. The molecule has 1 fully saturated rings. The molecule has 1 saturated carbocycles. The molecule has 2 N–H and O–H groups in total. The van der Waals surface area contributed by atoms with E-state index in [0.717, 1.165) is 32.4 Å². The molecular formula is C24H26F2N6OS. The van der Waals surface area contributed by atoms with E-state index in [1.807, 2.05) is 25.1 Å². The molecule has 3 aromatic heterocycles. The first kappa shape index (κ1) is 22.6. The van der Waals surface area contributed by atoms with Crippen molar-refractivity contribution in [3.63, 3.8) is 0 Å². The standard InChI is InChI=1S/C24H26F2N6OS/c1-14-18-21(27-10-15-6-8-24(25,26)9-7-15)30-13-31-22(18)34-20(14)23(33)32(2)11-16-4-3-5-17-19(16)29-12-28-17/h3-5,12-13,15H,6-11H2,1-2H3,(H,28,29)(H,27,30,31). The number of hydrogen-bond acceptors (Lipinski definition) is 6. The Bertz CT molecular complexity index is 1340. The number of H-pyrrole nitrogens is 1. The largest absolute Gasteiger partial charge is 0.369 e. The van der Waals surface area contributed by atoms with Crippen LogP contribution in [0, 0.1) is 12.8 Å². The fourth-order valence-corrected chi connectivity index (χ4v) is 5.75. The first-order valence-corrected chi connectivity index (χ1v) is 12.2. The van der Waals surface area contributed by atoms with Gasteiger partial charge >= 0.3 is 0 Å². The first-order chi connectivity index (χ1) is 16.3. The monoisotopic (exact) mass is 484 g/mol. The molecule has 5 rings (SSSR count). The summed E-state index contributed by atoms with van der Waals surface area (Å²) in [5.41, 5.74) is 3.58. The van der Waals surface area contributed by atoms with Crippen LogP contribution in [0.25, 0.3) is 21.3 Å². The van der Waals surface area contributed by atoms with Crippen molar-refractivity contribution in [2.75, 3.05) is 18.9 Å². The second-order valence-electron chi connectivity index (χ2n) is 9.02. The molecule has 0 atom stereocenters. The molecular weight excluding hydrogens is 458 g/mol. The van der Waals surface area contributed by atoms with Gasteiger partial charge in [-0.3, -0.25) is 4.79 Å². The Morgan fingerprint density at radius 2 is 2.06 bits per heavy atom. The van der Waals surface area contributed by atoms with Crippen molar-refractivity contribution in [2.24, 2.45) is 5.92 Å². The number of halogens is 2. The summed E-state index contributed by atoms with van der Waals surface area (Å²) < 4.78 is 26.9. The summed E-state index contributed by atoms with van der Waals surface area (Å²) >= 11 is 1.35. The number of rotatable bonds is 6. The third-order valence-corrected chi connectivity index (χ3v) is 7.79. The van der Waals surface area contributed by atoms with E-state index in [9.17, 15) is 13.6 Å². The molecule has 0 radical (unpaired) electrons. The van der Waals surface area contributed by atoms with Crippen molar-refractivity contribution in [3.8, 4) is 0 Å². The van der Waals surface area contributed by atoms with Crippen LogP contribution in [-0.4, -0.2) is 50.3 Å². The highest BCUT2D eigenvalue weighted by atomic mass is 32.1. The zero-order valence-electron chi connectivity index (χ0n) is 19.1. The number of hydrogen-bond donors (Lipinski definition) is 2. The highest BCUT2D eigenvalue weighted by Gasteiger charge is 2.34. The van der Waals surface area contributed by atoms with E-state index in [2.05, 4.69) is 25.3 Å². The predicted molar refractivity (Wildman–Crippen MR) is 129 cm³/mol. The Kier molecular flexibility index (Phi) is 5.93. The number of fused-ring (bicyclic) bond motifs is 2. The summed E-state index contributed by atoms with van der Waals surface area (Å²) in [6, 6.07) is 5.87. The third kappa shape index (κ3) is 4.34. The van der Waals surface area contributed by atoms with E-state index in [4.69, 9.17) is 0 Å². The summed E-state index contributed by atoms with van der Waals surface area (Å²) in [6.45, 7) is 2.91. The summed E-state index contributed by atoms with van der Waals surface area (Å²) in [7, 11) is 1.78. The number of aromatic nitrogens is 4. The fraction of sp³-hybridized carbons (Fsp3) is 0.417. The molecule has 4 aromatic rings. The van der Waals surface area contributed by atoms with Gasteiger partial charge in [0.2, 0.25) is 5.92 Å². The lowest BCUT2D eigenvalue weighted by Crippen LogP contribution is -2.28. The number of imidazole rings is 1. The van der Waals surface area contributed by atoms with E-state index < -0.39 is 5.92 Å². The highest BCUT2D eigenvalue weighted by Crippen LogP contribution is 2.37. The third-order valence-electron chi connectivity index (χ3n) is 6.60. The minimum atomic E-state index is -2.54. The molecule has 34 heavy (non-hydrogen) atoms. The van der Waals surface area contributed by atoms with Crippen molar-refractivity contribution >= 4 is 44.3 Å². The van der Waals surface area contributed by atoms with Crippen LogP contribution in [-0.2, 0) is 6.54 Å². The number of amides is 1. The van der Waals surface area contributed by atoms with Crippen LogP contribution in [0.4, 0.5) is 14.6 Å². The van der Waals surface area contributed by atoms with Crippen LogP contribution in [0.15, 0.2) is 30.9 Å². The molecule has 1 aliphatic rings. The first-order valence-electron chi connectivity index (χ1n) is 11.3. The lowest BCUT2D eigenvalue weighted by molar-refractivity contribution is -0.0443. The van der Waals surface area contributed by atoms with Crippen LogP contribution in [0.3, 0.4) is 0 Å². The SMILES string of the molecule is Cc1c(C(=O)N(C)Cc2cccc3[nH]cnc23)sc2ncnc(NCC3CCC(F)(F)CC3)c12. The van der Waals surface area contributed by atoms with Gasteiger partial charge in [0, 0.05) is 33.0 Å². The minimum absolute atomic E-state index is 0.0625. The number of thiophene rings is 1. The van der Waals surface area contributed by atoms with Crippen LogP contribution in [0.5, 0.6) is 0 Å². The van der Waals surface area contributed by atoms with Crippen LogP contribution >= 0.6 is 11.3 Å². The molecule has 0 bridgehead atoms. The Morgan fingerprint density at radius 3 is 2.85 bits per heavy atom. The molecule has 7 nitrogen and oxygen atoms in total. The van der Waals surface area contributed by atoms with Gasteiger partial charge in [-0.25, -0.2) is 23.7 Å². The minimum Gasteiger partial charge on any atom is -0.369 e. The van der Waals surface area contributed by atoms with Crippen LogP contribution in [0.2, 0.25) is 0 Å². The topological polar surface area (TPSA) is 86.8 Å². The van der Waals surface area contributed by atoms with Gasteiger partial charge in [0.05, 0.1) is 27.6 Å². The maximum absolute atomic E-state index is 13.5. The molecule has 0 aliphatic heterocycles. The van der Waals surface area contributed by atoms with Crippen molar-refractivity contribution in [1.82, 2.24) is 24.8 Å². The number of nitrogens with zero attached hydrogens (tertiary/aromatic N) is 4. The maximum Gasteiger partial charge on any atom is 0.264 e. The van der Waals surface area contributed by atoms with Gasteiger partial charge in [-0.1, -0.05) is 12.1 Å². The predicted octanol–water partition coefficient (Wildman–Crippen LogP) is 5.39. The summed E-state index contributed by atoms with van der Waals surface area (Å²) in [4.78, 5) is 32.6. The normalized spacial score (nSPS) is 16.2. The molecule has 1 aliphatic carbocycles. The molecule has 10 heteroatoms. The summed E-state index contributed by atoms with van der Waals surface area (Å²) in [5.74, 6) is -1.79. The zero-order chi connectivity index (χ0) is 23.9. The average molecular weight is 485 g/mol.